The van der Waals surface area contributed by atoms with E-state index < -0.39 is 0 Å². The first-order valence-electron chi connectivity index (χ1n) is 6.07. The highest BCUT2D eigenvalue weighted by Crippen LogP contribution is 2.21. The molecule has 18 heavy (non-hydrogen) atoms. The molecule has 1 aliphatic heterocycles. The van der Waals surface area contributed by atoms with E-state index in [1.807, 2.05) is 42.5 Å². The van der Waals surface area contributed by atoms with Crippen LogP contribution in [0.2, 0.25) is 0 Å². The maximum Gasteiger partial charge on any atom is 0.0857 e. The van der Waals surface area contributed by atoms with Gasteiger partial charge in [0.2, 0.25) is 0 Å². The monoisotopic (exact) mass is 238 g/mol. The minimum Gasteiger partial charge on any atom is -0.373 e. The average Bonchev–Trinajstić information content (AvgIpc) is 3.23. The second-order valence-corrected chi connectivity index (χ2v) is 4.36. The summed E-state index contributed by atoms with van der Waals surface area (Å²) in [4.78, 5) is 0. The lowest BCUT2D eigenvalue weighted by Gasteiger charge is -1.98. The van der Waals surface area contributed by atoms with Gasteiger partial charge in [0, 0.05) is 6.42 Å². The first kappa shape index (κ1) is 11.1. The summed E-state index contributed by atoms with van der Waals surface area (Å²) in [6.45, 7) is 0.898. The predicted molar refractivity (Wildman–Crippen MR) is 70.5 cm³/mol. The average molecular weight is 238 g/mol. The molecule has 0 N–H and O–H groups in total. The van der Waals surface area contributed by atoms with E-state index in [1.54, 1.807) is 0 Å². The van der Waals surface area contributed by atoms with Crippen molar-refractivity contribution in [2.45, 2.75) is 12.5 Å². The van der Waals surface area contributed by atoms with Crippen LogP contribution in [0.5, 0.6) is 0 Å². The Hall–Kier alpha value is -2.00. The third-order valence-electron chi connectivity index (χ3n) is 2.84. The predicted octanol–water partition coefficient (Wildman–Crippen LogP) is 4.04. The van der Waals surface area contributed by atoms with E-state index in [9.17, 15) is 0 Å². The molecule has 90 valence electrons. The fourth-order valence-corrected chi connectivity index (χ4v) is 1.76. The van der Waals surface area contributed by atoms with Crippen LogP contribution in [0.3, 0.4) is 0 Å². The van der Waals surface area contributed by atoms with Gasteiger partial charge in [0.25, 0.3) is 0 Å². The van der Waals surface area contributed by atoms with E-state index in [4.69, 9.17) is 4.74 Å². The van der Waals surface area contributed by atoms with Crippen molar-refractivity contribution in [2.24, 2.45) is 10.2 Å². The van der Waals surface area contributed by atoms with E-state index in [1.165, 1.54) is 5.56 Å². The molecule has 0 radical (unpaired) electrons. The van der Waals surface area contributed by atoms with Gasteiger partial charge in [-0.25, -0.2) is 0 Å². The smallest absolute Gasteiger partial charge is 0.0857 e. The normalized spacial score (nSPS) is 18.1. The van der Waals surface area contributed by atoms with Crippen LogP contribution in [0.15, 0.2) is 64.8 Å². The summed E-state index contributed by atoms with van der Waals surface area (Å²) in [6, 6.07) is 17.9. The topological polar surface area (TPSA) is 37.2 Å². The summed E-state index contributed by atoms with van der Waals surface area (Å²) in [7, 11) is 0. The molecule has 0 amide bonds. The minimum absolute atomic E-state index is 0.432. The Morgan fingerprint density at radius 1 is 0.889 bits per heavy atom. The van der Waals surface area contributed by atoms with E-state index in [0.29, 0.717) is 6.10 Å². The van der Waals surface area contributed by atoms with Crippen LogP contribution >= 0.6 is 0 Å². The van der Waals surface area contributed by atoms with Gasteiger partial charge in [-0.15, -0.1) is 0 Å². The van der Waals surface area contributed by atoms with Crippen molar-refractivity contribution in [1.29, 1.82) is 0 Å². The molecule has 2 aromatic rings. The van der Waals surface area contributed by atoms with Crippen LogP contribution < -0.4 is 0 Å². The standard InChI is InChI=1S/C15H14N2O/c1-2-4-13(5-3-1)16-17-14-8-6-12(7-9-14)10-15-11-18-15/h1-9,15H,10-11H2. The van der Waals surface area contributed by atoms with Crippen LogP contribution in [-0.4, -0.2) is 12.7 Å². The number of epoxide rings is 1. The molecular formula is C15H14N2O. The van der Waals surface area contributed by atoms with Crippen molar-refractivity contribution in [2.75, 3.05) is 6.61 Å². The Balaban J connectivity index is 1.67. The molecule has 1 unspecified atom stereocenters. The first-order chi connectivity index (χ1) is 8.90. The molecule has 3 nitrogen and oxygen atoms in total. The first-order valence-corrected chi connectivity index (χ1v) is 6.07. The third-order valence-corrected chi connectivity index (χ3v) is 2.84. The number of rotatable bonds is 4. The van der Waals surface area contributed by atoms with Crippen LogP contribution in [0.25, 0.3) is 0 Å². The summed E-state index contributed by atoms with van der Waals surface area (Å²) in [5.41, 5.74) is 3.03. The zero-order chi connectivity index (χ0) is 12.2. The minimum atomic E-state index is 0.432. The second kappa shape index (κ2) is 5.10. The Labute approximate surface area is 106 Å². The number of hydrogen-bond acceptors (Lipinski definition) is 3. The summed E-state index contributed by atoms with van der Waals surface area (Å²) in [6.07, 6.45) is 1.43. The van der Waals surface area contributed by atoms with Crippen molar-refractivity contribution in [3.8, 4) is 0 Å². The van der Waals surface area contributed by atoms with Crippen LogP contribution in [0, 0.1) is 0 Å². The van der Waals surface area contributed by atoms with Gasteiger partial charge in [-0.3, -0.25) is 0 Å². The third kappa shape index (κ3) is 3.02. The van der Waals surface area contributed by atoms with Crippen molar-refractivity contribution in [3.05, 3.63) is 60.2 Å². The molecule has 0 aromatic heterocycles. The van der Waals surface area contributed by atoms with E-state index in [-0.39, 0.29) is 0 Å². The molecule has 1 atom stereocenters. The lowest BCUT2D eigenvalue weighted by atomic mass is 10.1. The van der Waals surface area contributed by atoms with Crippen LogP contribution in [0.1, 0.15) is 5.56 Å². The fraction of sp³-hybridized carbons (Fsp3) is 0.200. The highest BCUT2D eigenvalue weighted by molar-refractivity contribution is 5.41. The fourth-order valence-electron chi connectivity index (χ4n) is 1.76. The highest BCUT2D eigenvalue weighted by Gasteiger charge is 2.22. The van der Waals surface area contributed by atoms with E-state index >= 15 is 0 Å². The van der Waals surface area contributed by atoms with Gasteiger partial charge >= 0.3 is 0 Å². The molecule has 3 rings (SSSR count). The summed E-state index contributed by atoms with van der Waals surface area (Å²) in [5.74, 6) is 0. The molecule has 0 bridgehead atoms. The lowest BCUT2D eigenvalue weighted by molar-refractivity contribution is 0.407. The van der Waals surface area contributed by atoms with E-state index in [2.05, 4.69) is 22.4 Å². The highest BCUT2D eigenvalue weighted by atomic mass is 16.6. The molecule has 1 saturated heterocycles. The molecule has 3 heteroatoms. The second-order valence-electron chi connectivity index (χ2n) is 4.36. The van der Waals surface area contributed by atoms with Gasteiger partial charge in [-0.05, 0) is 29.8 Å². The zero-order valence-electron chi connectivity index (χ0n) is 9.99. The number of azo groups is 1. The number of hydrogen-bond donors (Lipinski definition) is 0. The summed E-state index contributed by atoms with van der Waals surface area (Å²) >= 11 is 0. The van der Waals surface area contributed by atoms with Crippen molar-refractivity contribution >= 4 is 11.4 Å². The number of benzene rings is 2. The van der Waals surface area contributed by atoms with Gasteiger partial charge in [-0.1, -0.05) is 30.3 Å². The molecule has 0 aliphatic carbocycles. The van der Waals surface area contributed by atoms with Crippen LogP contribution in [0.4, 0.5) is 11.4 Å². The Bertz CT molecular complexity index is 530. The van der Waals surface area contributed by atoms with Crippen molar-refractivity contribution in [1.82, 2.24) is 0 Å². The summed E-state index contributed by atoms with van der Waals surface area (Å²) in [5, 5.41) is 8.39. The zero-order valence-corrected chi connectivity index (χ0v) is 9.99. The molecule has 0 spiro atoms. The SMILES string of the molecule is c1ccc(N=Nc2ccc(CC3CO3)cc2)cc1. The van der Waals surface area contributed by atoms with Gasteiger partial charge in [-0.2, -0.15) is 10.2 Å². The van der Waals surface area contributed by atoms with Crippen LogP contribution in [-0.2, 0) is 11.2 Å². The van der Waals surface area contributed by atoms with Gasteiger partial charge in [0.05, 0.1) is 24.1 Å². The maximum absolute atomic E-state index is 5.21. The Kier molecular flexibility index (Phi) is 3.15. The maximum atomic E-state index is 5.21. The van der Waals surface area contributed by atoms with Gasteiger partial charge in [0.15, 0.2) is 0 Å². The van der Waals surface area contributed by atoms with Crippen molar-refractivity contribution in [3.63, 3.8) is 0 Å². The largest absolute Gasteiger partial charge is 0.373 e. The molecular weight excluding hydrogens is 224 g/mol. The molecule has 0 saturated carbocycles. The lowest BCUT2D eigenvalue weighted by Crippen LogP contribution is -1.91. The number of ether oxygens (including phenoxy) is 1. The molecule has 1 fully saturated rings. The Morgan fingerprint density at radius 2 is 1.50 bits per heavy atom. The van der Waals surface area contributed by atoms with Gasteiger partial charge < -0.3 is 4.74 Å². The van der Waals surface area contributed by atoms with E-state index in [0.717, 1.165) is 24.4 Å². The number of nitrogens with zero attached hydrogens (tertiary/aromatic N) is 2. The molecule has 1 aliphatic rings. The Morgan fingerprint density at radius 3 is 2.11 bits per heavy atom. The van der Waals surface area contributed by atoms with Gasteiger partial charge in [0.1, 0.15) is 0 Å². The molecule has 2 aromatic carbocycles. The summed E-state index contributed by atoms with van der Waals surface area (Å²) < 4.78 is 5.21. The molecule has 1 heterocycles. The quantitative estimate of drug-likeness (QED) is 0.585. The van der Waals surface area contributed by atoms with Crippen molar-refractivity contribution < 1.29 is 4.74 Å².